The van der Waals surface area contributed by atoms with Crippen LogP contribution in [0.25, 0.3) is 0 Å². The molecule has 1 aliphatic heterocycles. The number of carbonyl (C=O) groups is 1. The van der Waals surface area contributed by atoms with E-state index >= 15 is 0 Å². The van der Waals surface area contributed by atoms with Gasteiger partial charge in [0.05, 0.1) is 4.90 Å². The molecular weight excluding hydrogens is 302 g/mol. The molecule has 3 N–H and O–H groups in total. The van der Waals surface area contributed by atoms with Crippen molar-refractivity contribution in [1.82, 2.24) is 4.72 Å². The first kappa shape index (κ1) is 16.9. The Labute approximate surface area is 131 Å². The Hall–Kier alpha value is -1.44. The zero-order valence-corrected chi connectivity index (χ0v) is 14.2. The van der Waals surface area contributed by atoms with Crippen molar-refractivity contribution in [3.63, 3.8) is 0 Å². The number of sulfonamides is 1. The second kappa shape index (κ2) is 5.64. The van der Waals surface area contributed by atoms with Crippen molar-refractivity contribution in [1.29, 1.82) is 0 Å². The van der Waals surface area contributed by atoms with Crippen LogP contribution in [0.2, 0.25) is 0 Å². The molecule has 6 nitrogen and oxygen atoms in total. The maximum Gasteiger partial charge on any atom is 0.241 e. The summed E-state index contributed by atoms with van der Waals surface area (Å²) >= 11 is 0. The van der Waals surface area contributed by atoms with Gasteiger partial charge in [0, 0.05) is 30.7 Å². The lowest BCUT2D eigenvalue weighted by Gasteiger charge is -2.24. The topological polar surface area (TPSA) is 92.5 Å². The minimum absolute atomic E-state index is 0.0377. The molecule has 1 aromatic rings. The molecule has 7 heteroatoms. The maximum atomic E-state index is 12.5. The monoisotopic (exact) mass is 325 g/mol. The molecule has 1 aromatic carbocycles. The molecule has 2 rings (SSSR count). The number of hydrogen-bond donors (Lipinski definition) is 2. The van der Waals surface area contributed by atoms with E-state index in [0.29, 0.717) is 6.42 Å². The third-order valence-corrected chi connectivity index (χ3v) is 5.53. The van der Waals surface area contributed by atoms with Crippen LogP contribution >= 0.6 is 0 Å². The molecule has 0 radical (unpaired) electrons. The van der Waals surface area contributed by atoms with E-state index < -0.39 is 15.6 Å². The van der Waals surface area contributed by atoms with Crippen molar-refractivity contribution in [2.75, 3.05) is 11.4 Å². The van der Waals surface area contributed by atoms with Crippen molar-refractivity contribution >= 4 is 21.6 Å². The smallest absolute Gasteiger partial charge is 0.241 e. The summed E-state index contributed by atoms with van der Waals surface area (Å²) in [7, 11) is -3.64. The number of nitrogens with one attached hydrogen (secondary N) is 1. The highest BCUT2D eigenvalue weighted by Crippen LogP contribution is 2.34. The SMILES string of the molecule is CC(=O)N1c2ccc(S(=O)(=O)NC(C)(C)CN)cc2CC1C. The summed E-state index contributed by atoms with van der Waals surface area (Å²) in [6.45, 7) is 7.13. The summed E-state index contributed by atoms with van der Waals surface area (Å²) in [5.74, 6) is -0.0377. The first-order chi connectivity index (χ1) is 10.1. The Bertz CT molecular complexity index is 698. The molecule has 0 fully saturated rings. The molecule has 0 aromatic heterocycles. The van der Waals surface area contributed by atoms with Gasteiger partial charge in [-0.15, -0.1) is 0 Å². The van der Waals surface area contributed by atoms with Gasteiger partial charge in [-0.05, 0) is 51.0 Å². The molecule has 1 atom stereocenters. The van der Waals surface area contributed by atoms with Crippen molar-refractivity contribution in [3.8, 4) is 0 Å². The van der Waals surface area contributed by atoms with E-state index in [0.717, 1.165) is 11.3 Å². The van der Waals surface area contributed by atoms with Crippen molar-refractivity contribution in [2.45, 2.75) is 50.6 Å². The maximum absolute atomic E-state index is 12.5. The normalized spacial score (nSPS) is 18.4. The van der Waals surface area contributed by atoms with E-state index in [-0.39, 0.29) is 23.4 Å². The van der Waals surface area contributed by atoms with Gasteiger partial charge in [-0.2, -0.15) is 0 Å². The highest BCUT2D eigenvalue weighted by atomic mass is 32.2. The minimum atomic E-state index is -3.64. The summed E-state index contributed by atoms with van der Waals surface area (Å²) in [4.78, 5) is 13.6. The summed E-state index contributed by atoms with van der Waals surface area (Å²) in [6, 6.07) is 4.91. The molecule has 0 aliphatic carbocycles. The molecule has 122 valence electrons. The number of hydrogen-bond acceptors (Lipinski definition) is 4. The third kappa shape index (κ3) is 3.16. The minimum Gasteiger partial charge on any atom is -0.329 e. The van der Waals surface area contributed by atoms with Gasteiger partial charge in [0.25, 0.3) is 0 Å². The van der Waals surface area contributed by atoms with E-state index in [9.17, 15) is 13.2 Å². The molecule has 1 unspecified atom stereocenters. The zero-order chi connectivity index (χ0) is 16.7. The predicted octanol–water partition coefficient (Wildman–Crippen LogP) is 1.000. The number of nitrogens with zero attached hydrogens (tertiary/aromatic N) is 1. The molecule has 0 spiro atoms. The second-order valence-corrected chi connectivity index (χ2v) is 8.11. The van der Waals surface area contributed by atoms with Crippen LogP contribution < -0.4 is 15.4 Å². The van der Waals surface area contributed by atoms with Crippen molar-refractivity contribution in [2.24, 2.45) is 5.73 Å². The lowest BCUT2D eigenvalue weighted by molar-refractivity contribution is -0.116. The quantitative estimate of drug-likeness (QED) is 0.864. The van der Waals surface area contributed by atoms with E-state index in [1.807, 2.05) is 6.92 Å². The highest BCUT2D eigenvalue weighted by Gasteiger charge is 2.31. The van der Waals surface area contributed by atoms with Gasteiger partial charge in [0.1, 0.15) is 0 Å². The molecule has 1 aliphatic rings. The molecule has 22 heavy (non-hydrogen) atoms. The van der Waals surface area contributed by atoms with Gasteiger partial charge in [-0.25, -0.2) is 13.1 Å². The van der Waals surface area contributed by atoms with Gasteiger partial charge in [0.2, 0.25) is 15.9 Å². The van der Waals surface area contributed by atoms with Gasteiger partial charge in [0.15, 0.2) is 0 Å². The van der Waals surface area contributed by atoms with Crippen LogP contribution in [0.1, 0.15) is 33.3 Å². The fourth-order valence-electron chi connectivity index (χ4n) is 2.72. The Morgan fingerprint density at radius 3 is 2.64 bits per heavy atom. The van der Waals surface area contributed by atoms with Gasteiger partial charge < -0.3 is 10.6 Å². The molecular formula is C15H23N3O3S. The Morgan fingerprint density at radius 2 is 2.09 bits per heavy atom. The van der Waals surface area contributed by atoms with Crippen molar-refractivity contribution in [3.05, 3.63) is 23.8 Å². The number of nitrogens with two attached hydrogens (primary N) is 1. The fraction of sp³-hybridized carbons (Fsp3) is 0.533. The standard InChI is InChI=1S/C15H23N3O3S/c1-10-7-12-8-13(5-6-14(12)18(10)11(2)19)22(20,21)17-15(3,4)9-16/h5-6,8,10,17H,7,9,16H2,1-4H3. The fourth-order valence-corrected chi connectivity index (χ4v) is 4.19. The number of fused-ring (bicyclic) bond motifs is 1. The first-order valence-electron chi connectivity index (χ1n) is 7.24. The van der Waals surface area contributed by atoms with Crippen LogP contribution in [0.5, 0.6) is 0 Å². The third-order valence-electron chi connectivity index (χ3n) is 3.84. The number of anilines is 1. The predicted molar refractivity (Wildman–Crippen MR) is 86.2 cm³/mol. The number of carbonyl (C=O) groups excluding carboxylic acids is 1. The number of benzene rings is 1. The van der Waals surface area contributed by atoms with E-state index in [4.69, 9.17) is 5.73 Å². The van der Waals surface area contributed by atoms with Crippen LogP contribution in [-0.4, -0.2) is 32.5 Å². The lowest BCUT2D eigenvalue weighted by atomic mass is 10.1. The average molecular weight is 325 g/mol. The summed E-state index contributed by atoms with van der Waals surface area (Å²) in [6.07, 6.45) is 0.651. The van der Waals surface area contributed by atoms with Crippen LogP contribution in [0.4, 0.5) is 5.69 Å². The summed E-state index contributed by atoms with van der Waals surface area (Å²) < 4.78 is 27.5. The molecule has 0 saturated heterocycles. The van der Waals surface area contributed by atoms with Crippen LogP contribution in [0.3, 0.4) is 0 Å². The van der Waals surface area contributed by atoms with Gasteiger partial charge in [-0.1, -0.05) is 0 Å². The van der Waals surface area contributed by atoms with Gasteiger partial charge >= 0.3 is 0 Å². The largest absolute Gasteiger partial charge is 0.329 e. The average Bonchev–Trinajstić information content (AvgIpc) is 2.72. The zero-order valence-electron chi connectivity index (χ0n) is 13.4. The first-order valence-corrected chi connectivity index (χ1v) is 8.72. The van der Waals surface area contributed by atoms with E-state index in [1.54, 1.807) is 30.9 Å². The highest BCUT2D eigenvalue weighted by molar-refractivity contribution is 7.89. The molecule has 0 bridgehead atoms. The van der Waals surface area contributed by atoms with Crippen LogP contribution in [0, 0.1) is 0 Å². The molecule has 0 saturated carbocycles. The Kier molecular flexibility index (Phi) is 4.34. The Balaban J connectivity index is 2.38. The van der Waals surface area contributed by atoms with E-state index in [2.05, 4.69) is 4.72 Å². The van der Waals surface area contributed by atoms with Crippen molar-refractivity contribution < 1.29 is 13.2 Å². The van der Waals surface area contributed by atoms with Gasteiger partial charge in [-0.3, -0.25) is 4.79 Å². The van der Waals surface area contributed by atoms with E-state index in [1.165, 1.54) is 13.0 Å². The van der Waals surface area contributed by atoms with Crippen LogP contribution in [0.15, 0.2) is 23.1 Å². The lowest BCUT2D eigenvalue weighted by Crippen LogP contribution is -2.48. The molecule has 1 heterocycles. The summed E-state index contributed by atoms with van der Waals surface area (Å²) in [5, 5.41) is 0. The summed E-state index contributed by atoms with van der Waals surface area (Å²) in [5.41, 5.74) is 6.53. The Morgan fingerprint density at radius 1 is 1.45 bits per heavy atom. The number of rotatable bonds is 4. The van der Waals surface area contributed by atoms with Crippen LogP contribution in [-0.2, 0) is 21.2 Å². The number of amides is 1. The molecule has 1 amide bonds. The second-order valence-electron chi connectivity index (χ2n) is 6.43.